The zero-order valence-corrected chi connectivity index (χ0v) is 24.3. The molecule has 4 aromatic rings. The van der Waals surface area contributed by atoms with Gasteiger partial charge in [0.05, 0.1) is 0 Å². The highest BCUT2D eigenvalue weighted by atomic mass is 32.2. The van der Waals surface area contributed by atoms with Crippen molar-refractivity contribution in [3.8, 4) is 5.75 Å². The second-order valence-corrected chi connectivity index (χ2v) is 11.1. The summed E-state index contributed by atoms with van der Waals surface area (Å²) in [6.07, 6.45) is 1.40. The Morgan fingerprint density at radius 3 is 2.05 bits per heavy atom. The van der Waals surface area contributed by atoms with Crippen molar-refractivity contribution in [1.82, 2.24) is 10.6 Å². The van der Waals surface area contributed by atoms with Crippen LogP contribution in [0.2, 0.25) is 0 Å². The normalized spacial score (nSPS) is 12.1. The first-order valence-corrected chi connectivity index (χ1v) is 14.7. The van der Waals surface area contributed by atoms with Gasteiger partial charge in [0.1, 0.15) is 29.0 Å². The SMILES string of the molecule is Cc1ccc(S(=O)(=O)Oc2ccc(/C=C(/NC(=O)c3ccccc3)C(=O)N[C@@H](C)C(=O)OCc3ccccc3)cc2)cc1. The molecule has 0 heterocycles. The van der Waals surface area contributed by atoms with Gasteiger partial charge in [0.15, 0.2) is 0 Å². The molecule has 1 atom stereocenters. The van der Waals surface area contributed by atoms with E-state index in [0.29, 0.717) is 11.1 Å². The van der Waals surface area contributed by atoms with Gasteiger partial charge in [-0.3, -0.25) is 9.59 Å². The molecule has 2 N–H and O–H groups in total. The van der Waals surface area contributed by atoms with Crippen molar-refractivity contribution in [3.63, 3.8) is 0 Å². The summed E-state index contributed by atoms with van der Waals surface area (Å²) >= 11 is 0. The summed E-state index contributed by atoms with van der Waals surface area (Å²) in [6, 6.07) is 28.6. The number of esters is 1. The number of amides is 2. The van der Waals surface area contributed by atoms with Crippen LogP contribution in [0.1, 0.15) is 34.0 Å². The summed E-state index contributed by atoms with van der Waals surface area (Å²) in [5.74, 6) is -1.85. The maximum atomic E-state index is 13.2. The largest absolute Gasteiger partial charge is 0.459 e. The highest BCUT2D eigenvalue weighted by Crippen LogP contribution is 2.20. The first-order valence-electron chi connectivity index (χ1n) is 13.3. The molecule has 0 fully saturated rings. The van der Waals surface area contributed by atoms with Crippen molar-refractivity contribution < 1.29 is 31.7 Å². The van der Waals surface area contributed by atoms with Gasteiger partial charge in [0.2, 0.25) is 0 Å². The predicted octanol–water partition coefficient (Wildman–Crippen LogP) is 4.78. The number of nitrogens with one attached hydrogen (secondary N) is 2. The Kier molecular flexibility index (Phi) is 10.1. The van der Waals surface area contributed by atoms with Crippen LogP contribution in [-0.2, 0) is 31.1 Å². The number of benzene rings is 4. The number of hydrogen-bond acceptors (Lipinski definition) is 7. The number of carbonyl (C=O) groups excluding carboxylic acids is 3. The lowest BCUT2D eigenvalue weighted by atomic mass is 10.1. The van der Waals surface area contributed by atoms with Gasteiger partial charge in [-0.25, -0.2) is 4.79 Å². The minimum Gasteiger partial charge on any atom is -0.459 e. The van der Waals surface area contributed by atoms with Crippen molar-refractivity contribution in [2.75, 3.05) is 0 Å². The maximum Gasteiger partial charge on any atom is 0.339 e. The van der Waals surface area contributed by atoms with E-state index in [1.165, 1.54) is 49.4 Å². The highest BCUT2D eigenvalue weighted by Gasteiger charge is 2.22. The lowest BCUT2D eigenvalue weighted by molar-refractivity contribution is -0.148. The molecule has 220 valence electrons. The van der Waals surface area contributed by atoms with Gasteiger partial charge in [0, 0.05) is 5.56 Å². The van der Waals surface area contributed by atoms with E-state index in [9.17, 15) is 22.8 Å². The molecule has 0 unspecified atom stereocenters. The minimum absolute atomic E-state index is 0.0149. The first-order chi connectivity index (χ1) is 20.6. The first kappa shape index (κ1) is 30.7. The van der Waals surface area contributed by atoms with Gasteiger partial charge in [0.25, 0.3) is 11.8 Å². The molecule has 0 spiro atoms. The molecule has 0 aliphatic carbocycles. The van der Waals surface area contributed by atoms with Crippen LogP contribution in [0.3, 0.4) is 0 Å². The molecular formula is C33H30N2O7S. The van der Waals surface area contributed by atoms with Crippen molar-refractivity contribution in [2.24, 2.45) is 0 Å². The average Bonchev–Trinajstić information content (AvgIpc) is 3.01. The smallest absolute Gasteiger partial charge is 0.339 e. The van der Waals surface area contributed by atoms with Gasteiger partial charge < -0.3 is 19.6 Å². The molecule has 0 aromatic heterocycles. The van der Waals surface area contributed by atoms with Crippen molar-refractivity contribution >= 4 is 34.0 Å². The average molecular weight is 599 g/mol. The van der Waals surface area contributed by atoms with E-state index in [4.69, 9.17) is 8.92 Å². The highest BCUT2D eigenvalue weighted by molar-refractivity contribution is 7.87. The van der Waals surface area contributed by atoms with E-state index in [-0.39, 0.29) is 22.9 Å². The Morgan fingerprint density at radius 2 is 1.42 bits per heavy atom. The van der Waals surface area contributed by atoms with E-state index in [2.05, 4.69) is 10.6 Å². The van der Waals surface area contributed by atoms with Gasteiger partial charge >= 0.3 is 16.1 Å². The third-order valence-corrected chi connectivity index (χ3v) is 7.42. The molecule has 10 heteroatoms. The number of rotatable bonds is 11. The fourth-order valence-electron chi connectivity index (χ4n) is 3.80. The van der Waals surface area contributed by atoms with Crippen LogP contribution in [0.4, 0.5) is 0 Å². The van der Waals surface area contributed by atoms with Crippen LogP contribution in [0.25, 0.3) is 6.08 Å². The quantitative estimate of drug-likeness (QED) is 0.144. The van der Waals surface area contributed by atoms with Crippen LogP contribution in [0.15, 0.2) is 120 Å². The second kappa shape index (κ2) is 14.1. The number of ether oxygens (including phenoxy) is 1. The zero-order chi connectivity index (χ0) is 30.8. The topological polar surface area (TPSA) is 128 Å². The summed E-state index contributed by atoms with van der Waals surface area (Å²) in [6.45, 7) is 3.36. The van der Waals surface area contributed by atoms with Gasteiger partial charge in [-0.1, -0.05) is 78.4 Å². The molecule has 43 heavy (non-hydrogen) atoms. The summed E-state index contributed by atoms with van der Waals surface area (Å²) in [5, 5.41) is 5.15. The number of hydrogen-bond donors (Lipinski definition) is 2. The maximum absolute atomic E-state index is 13.2. The molecule has 0 saturated carbocycles. The van der Waals surface area contributed by atoms with Gasteiger partial charge in [-0.05, 0) is 67.4 Å². The Labute approximate surface area is 250 Å². The van der Waals surface area contributed by atoms with E-state index >= 15 is 0 Å². The Bertz CT molecular complexity index is 1700. The fourth-order valence-corrected chi connectivity index (χ4v) is 4.73. The van der Waals surface area contributed by atoms with Gasteiger partial charge in [-0.15, -0.1) is 0 Å². The Balaban J connectivity index is 1.49. The molecule has 2 amide bonds. The van der Waals surface area contributed by atoms with Gasteiger partial charge in [-0.2, -0.15) is 8.42 Å². The molecule has 0 bridgehead atoms. The third kappa shape index (κ3) is 8.88. The van der Waals surface area contributed by atoms with Crippen LogP contribution in [0.5, 0.6) is 5.75 Å². The zero-order valence-electron chi connectivity index (χ0n) is 23.5. The molecule has 9 nitrogen and oxygen atoms in total. The van der Waals surface area contributed by atoms with Crippen molar-refractivity contribution in [3.05, 3.63) is 137 Å². The van der Waals surface area contributed by atoms with E-state index in [0.717, 1.165) is 11.1 Å². The monoisotopic (exact) mass is 598 g/mol. The fraction of sp³-hybridized carbons (Fsp3) is 0.121. The number of aryl methyl sites for hydroxylation is 1. The van der Waals surface area contributed by atoms with Crippen molar-refractivity contribution in [2.45, 2.75) is 31.4 Å². The standard InChI is InChI=1S/C33H30N2O7S/c1-23-13-19-29(20-14-23)43(39,40)42-28-17-15-25(16-18-28)21-30(35-31(36)27-11-7-4-8-12-27)32(37)34-24(2)33(38)41-22-26-9-5-3-6-10-26/h3-21,24H,22H2,1-2H3,(H,34,37)(H,35,36)/b30-21+/t24-/m0/s1. The summed E-state index contributed by atoms with van der Waals surface area (Å²) < 4.78 is 35.8. The summed E-state index contributed by atoms with van der Waals surface area (Å²) in [5.41, 5.74) is 2.34. The molecule has 0 aliphatic rings. The molecule has 0 radical (unpaired) electrons. The van der Waals surface area contributed by atoms with E-state index < -0.39 is 33.9 Å². The van der Waals surface area contributed by atoms with Crippen LogP contribution in [-0.4, -0.2) is 32.2 Å². The minimum atomic E-state index is -4.05. The Morgan fingerprint density at radius 1 is 0.814 bits per heavy atom. The summed E-state index contributed by atoms with van der Waals surface area (Å²) in [4.78, 5) is 38.7. The lowest BCUT2D eigenvalue weighted by Crippen LogP contribution is -2.43. The molecule has 0 saturated heterocycles. The number of carbonyl (C=O) groups is 3. The van der Waals surface area contributed by atoms with Crippen LogP contribution < -0.4 is 14.8 Å². The Hall–Kier alpha value is -5.22. The molecule has 4 rings (SSSR count). The molecule has 0 aliphatic heterocycles. The summed E-state index contributed by atoms with van der Waals surface area (Å²) in [7, 11) is -4.05. The lowest BCUT2D eigenvalue weighted by Gasteiger charge is -2.16. The van der Waals surface area contributed by atoms with E-state index in [1.807, 2.05) is 37.3 Å². The third-order valence-electron chi connectivity index (χ3n) is 6.16. The molecule has 4 aromatic carbocycles. The van der Waals surface area contributed by atoms with E-state index in [1.54, 1.807) is 42.5 Å². The predicted molar refractivity (Wildman–Crippen MR) is 161 cm³/mol. The van der Waals surface area contributed by atoms with Crippen LogP contribution in [0, 0.1) is 6.92 Å². The molecular weight excluding hydrogens is 568 g/mol. The van der Waals surface area contributed by atoms with Crippen molar-refractivity contribution in [1.29, 1.82) is 0 Å². The second-order valence-electron chi connectivity index (χ2n) is 9.59. The van der Waals surface area contributed by atoms with Crippen LogP contribution >= 0.6 is 0 Å².